The lowest BCUT2D eigenvalue weighted by molar-refractivity contribution is -0.137. The summed E-state index contributed by atoms with van der Waals surface area (Å²) in [6.07, 6.45) is -3.71. The third-order valence-corrected chi connectivity index (χ3v) is 2.61. The molecule has 0 unspecified atom stereocenters. The van der Waals surface area contributed by atoms with Crippen LogP contribution in [0.5, 0.6) is 0 Å². The minimum atomic E-state index is -4.37. The number of H-pyrrole nitrogens is 1. The lowest BCUT2D eigenvalue weighted by Crippen LogP contribution is -2.14. The summed E-state index contributed by atoms with van der Waals surface area (Å²) < 4.78 is 38.4. The van der Waals surface area contributed by atoms with E-state index in [0.29, 0.717) is 12.1 Å². The number of hydrogen-bond acceptors (Lipinski definition) is 1. The molecule has 18 heavy (non-hydrogen) atoms. The van der Waals surface area contributed by atoms with E-state index in [-0.39, 0.29) is 5.56 Å². The first-order chi connectivity index (χ1) is 8.41. The average Bonchev–Trinajstić information content (AvgIpc) is 2.70. The molecular formula is C12H11F3N2O. The van der Waals surface area contributed by atoms with E-state index in [2.05, 4.69) is 5.10 Å². The summed E-state index contributed by atoms with van der Waals surface area (Å²) in [4.78, 5) is 11.6. The predicted octanol–water partition coefficient (Wildman–Crippen LogP) is 2.75. The maximum atomic E-state index is 12.4. The van der Waals surface area contributed by atoms with E-state index < -0.39 is 11.7 Å². The number of aromatic nitrogens is 2. The van der Waals surface area contributed by atoms with Gasteiger partial charge in [0.15, 0.2) is 0 Å². The minimum absolute atomic E-state index is 0.286. The van der Waals surface area contributed by atoms with E-state index >= 15 is 0 Å². The van der Waals surface area contributed by atoms with Crippen molar-refractivity contribution in [1.29, 1.82) is 0 Å². The van der Waals surface area contributed by atoms with E-state index in [1.54, 1.807) is 0 Å². The zero-order chi connectivity index (χ0) is 13.3. The van der Waals surface area contributed by atoms with Crippen molar-refractivity contribution in [1.82, 2.24) is 9.78 Å². The molecule has 0 spiro atoms. The van der Waals surface area contributed by atoms with Gasteiger partial charge in [0, 0.05) is 11.8 Å². The molecule has 2 aromatic rings. The number of alkyl halides is 3. The summed E-state index contributed by atoms with van der Waals surface area (Å²) in [5, 5.41) is 2.83. The van der Waals surface area contributed by atoms with Gasteiger partial charge in [-0.05, 0) is 30.7 Å². The number of halogens is 3. The van der Waals surface area contributed by atoms with Gasteiger partial charge in [0.25, 0.3) is 5.56 Å². The van der Waals surface area contributed by atoms with Crippen LogP contribution in [-0.2, 0) is 12.6 Å². The molecule has 0 amide bonds. The van der Waals surface area contributed by atoms with Crippen molar-refractivity contribution in [3.05, 3.63) is 51.9 Å². The highest BCUT2D eigenvalue weighted by Crippen LogP contribution is 2.29. The van der Waals surface area contributed by atoms with Crippen LogP contribution in [0.25, 0.3) is 5.69 Å². The quantitative estimate of drug-likeness (QED) is 0.881. The van der Waals surface area contributed by atoms with E-state index in [1.807, 2.05) is 6.92 Å². The second-order valence-corrected chi connectivity index (χ2v) is 3.85. The third kappa shape index (κ3) is 2.32. The van der Waals surface area contributed by atoms with Crippen molar-refractivity contribution in [2.45, 2.75) is 19.5 Å². The highest BCUT2D eigenvalue weighted by molar-refractivity contribution is 5.35. The van der Waals surface area contributed by atoms with Gasteiger partial charge in [0.05, 0.1) is 11.3 Å². The molecule has 1 aromatic carbocycles. The van der Waals surface area contributed by atoms with Crippen LogP contribution >= 0.6 is 0 Å². The SMILES string of the molecule is CCc1cc(=O)n(-c2ccc(C(F)(F)F)cc2)[nH]1. The molecule has 0 aliphatic carbocycles. The van der Waals surface area contributed by atoms with Crippen LogP contribution in [0.4, 0.5) is 13.2 Å². The largest absolute Gasteiger partial charge is 0.416 e. The predicted molar refractivity (Wildman–Crippen MR) is 60.8 cm³/mol. The highest BCUT2D eigenvalue weighted by Gasteiger charge is 2.30. The number of aromatic amines is 1. The van der Waals surface area contributed by atoms with Gasteiger partial charge in [-0.15, -0.1) is 0 Å². The first-order valence-corrected chi connectivity index (χ1v) is 5.40. The van der Waals surface area contributed by atoms with Gasteiger partial charge >= 0.3 is 6.18 Å². The molecule has 0 bridgehead atoms. The smallest absolute Gasteiger partial charge is 0.295 e. The minimum Gasteiger partial charge on any atom is -0.295 e. The average molecular weight is 256 g/mol. The van der Waals surface area contributed by atoms with Gasteiger partial charge in [0.1, 0.15) is 0 Å². The van der Waals surface area contributed by atoms with Gasteiger partial charge in [-0.25, -0.2) is 4.68 Å². The van der Waals surface area contributed by atoms with Crippen molar-refractivity contribution in [3.63, 3.8) is 0 Å². The summed E-state index contributed by atoms with van der Waals surface area (Å²) >= 11 is 0. The summed E-state index contributed by atoms with van der Waals surface area (Å²) in [6.45, 7) is 1.88. The Bertz CT molecular complexity index is 593. The standard InChI is InChI=1S/C12H11F3N2O/c1-2-9-7-11(18)17(16-9)10-5-3-8(4-6-10)12(13,14)15/h3-7,16H,2H2,1H3. The van der Waals surface area contributed by atoms with Crippen LogP contribution in [0.3, 0.4) is 0 Å². The van der Waals surface area contributed by atoms with Gasteiger partial charge in [-0.3, -0.25) is 9.89 Å². The molecule has 0 radical (unpaired) electrons. The van der Waals surface area contributed by atoms with Crippen molar-refractivity contribution in [3.8, 4) is 5.69 Å². The van der Waals surface area contributed by atoms with Gasteiger partial charge in [-0.1, -0.05) is 6.92 Å². The van der Waals surface area contributed by atoms with E-state index in [0.717, 1.165) is 17.8 Å². The molecule has 1 aromatic heterocycles. The first-order valence-electron chi connectivity index (χ1n) is 5.40. The summed E-state index contributed by atoms with van der Waals surface area (Å²) in [7, 11) is 0. The van der Waals surface area contributed by atoms with Crippen LogP contribution < -0.4 is 5.56 Å². The number of rotatable bonds is 2. The molecule has 0 aliphatic heterocycles. The molecule has 0 fully saturated rings. The number of nitrogens with one attached hydrogen (secondary N) is 1. The van der Waals surface area contributed by atoms with Gasteiger partial charge < -0.3 is 0 Å². The molecule has 1 heterocycles. The Balaban J connectivity index is 2.40. The lowest BCUT2D eigenvalue weighted by atomic mass is 10.2. The fraction of sp³-hybridized carbons (Fsp3) is 0.250. The van der Waals surface area contributed by atoms with Crippen molar-refractivity contribution in [2.24, 2.45) is 0 Å². The van der Waals surface area contributed by atoms with Crippen LogP contribution in [0.2, 0.25) is 0 Å². The molecule has 0 saturated heterocycles. The Hall–Kier alpha value is -1.98. The fourth-order valence-corrected chi connectivity index (χ4v) is 1.62. The van der Waals surface area contributed by atoms with Crippen LogP contribution in [-0.4, -0.2) is 9.78 Å². The normalized spacial score (nSPS) is 11.8. The lowest BCUT2D eigenvalue weighted by Gasteiger charge is -2.07. The van der Waals surface area contributed by atoms with Crippen molar-refractivity contribution >= 4 is 0 Å². The van der Waals surface area contributed by atoms with Crippen molar-refractivity contribution in [2.75, 3.05) is 0 Å². The first kappa shape index (κ1) is 12.5. The molecule has 0 saturated carbocycles. The third-order valence-electron chi connectivity index (χ3n) is 2.61. The van der Waals surface area contributed by atoms with E-state index in [1.165, 1.54) is 22.9 Å². The Labute approximate surface area is 101 Å². The fourth-order valence-electron chi connectivity index (χ4n) is 1.62. The molecular weight excluding hydrogens is 245 g/mol. The summed E-state index contributed by atoms with van der Waals surface area (Å²) in [5.41, 5.74) is 0.0979. The number of benzene rings is 1. The second-order valence-electron chi connectivity index (χ2n) is 3.85. The number of aryl methyl sites for hydroxylation is 1. The highest BCUT2D eigenvalue weighted by atomic mass is 19.4. The molecule has 0 aliphatic rings. The Kier molecular flexibility index (Phi) is 3.02. The van der Waals surface area contributed by atoms with E-state index in [4.69, 9.17) is 0 Å². The van der Waals surface area contributed by atoms with E-state index in [9.17, 15) is 18.0 Å². The zero-order valence-corrected chi connectivity index (χ0v) is 9.58. The molecule has 96 valence electrons. The number of hydrogen-bond donors (Lipinski definition) is 1. The van der Waals surface area contributed by atoms with Gasteiger partial charge in [0.2, 0.25) is 0 Å². The molecule has 0 atom stereocenters. The maximum absolute atomic E-state index is 12.4. The monoisotopic (exact) mass is 256 g/mol. The Morgan fingerprint density at radius 2 is 1.83 bits per heavy atom. The molecule has 6 heteroatoms. The summed E-state index contributed by atoms with van der Waals surface area (Å²) in [6, 6.07) is 5.86. The summed E-state index contributed by atoms with van der Waals surface area (Å²) in [5.74, 6) is 0. The zero-order valence-electron chi connectivity index (χ0n) is 9.58. The van der Waals surface area contributed by atoms with Crippen LogP contribution in [0.15, 0.2) is 35.1 Å². The molecule has 2 rings (SSSR count). The molecule has 1 N–H and O–H groups in total. The number of nitrogens with zero attached hydrogens (tertiary/aromatic N) is 1. The van der Waals surface area contributed by atoms with Crippen LogP contribution in [0, 0.1) is 0 Å². The molecule has 3 nitrogen and oxygen atoms in total. The second kappa shape index (κ2) is 4.36. The Morgan fingerprint density at radius 1 is 1.22 bits per heavy atom. The van der Waals surface area contributed by atoms with Crippen LogP contribution in [0.1, 0.15) is 18.2 Å². The van der Waals surface area contributed by atoms with Gasteiger partial charge in [-0.2, -0.15) is 13.2 Å². The maximum Gasteiger partial charge on any atom is 0.416 e. The van der Waals surface area contributed by atoms with Crippen molar-refractivity contribution < 1.29 is 13.2 Å². The topological polar surface area (TPSA) is 37.8 Å². The Morgan fingerprint density at radius 3 is 2.28 bits per heavy atom.